The fourth-order valence-electron chi connectivity index (χ4n) is 4.54. The lowest BCUT2D eigenvalue weighted by Gasteiger charge is -2.29. The molecular weight excluding hydrogens is 428 g/mol. The number of ether oxygens (including phenoxy) is 3. The molecule has 2 bridgehead atoms. The van der Waals surface area contributed by atoms with Crippen LogP contribution in [0.5, 0.6) is 5.75 Å². The Bertz CT molecular complexity index is 983. The van der Waals surface area contributed by atoms with Gasteiger partial charge in [-0.1, -0.05) is 24.3 Å². The second kappa shape index (κ2) is 8.62. The van der Waals surface area contributed by atoms with Gasteiger partial charge in [0, 0.05) is 6.54 Å². The van der Waals surface area contributed by atoms with Crippen molar-refractivity contribution in [3.8, 4) is 5.75 Å². The summed E-state index contributed by atoms with van der Waals surface area (Å²) in [5.41, 5.74) is 0.436. The number of rotatable bonds is 7. The van der Waals surface area contributed by atoms with Crippen LogP contribution < -0.4 is 10.1 Å². The zero-order valence-electron chi connectivity index (χ0n) is 19.1. The molecule has 0 aromatic heterocycles. The molecule has 33 heavy (non-hydrogen) atoms. The molecule has 0 radical (unpaired) electrons. The van der Waals surface area contributed by atoms with Gasteiger partial charge in [0.15, 0.2) is 6.29 Å². The van der Waals surface area contributed by atoms with E-state index in [9.17, 15) is 19.2 Å². The second-order valence-electron chi connectivity index (χ2n) is 9.50. The molecule has 1 unspecified atom stereocenters. The van der Waals surface area contributed by atoms with Crippen LogP contribution in [0.15, 0.2) is 30.4 Å². The van der Waals surface area contributed by atoms with Crippen molar-refractivity contribution in [2.45, 2.75) is 51.5 Å². The van der Waals surface area contributed by atoms with Gasteiger partial charge >= 0.3 is 6.09 Å². The van der Waals surface area contributed by atoms with Crippen LogP contribution >= 0.6 is 0 Å². The number of fused-ring (bicyclic) bond motifs is 5. The number of imide groups is 1. The number of aldehydes is 1. The molecule has 5 atom stereocenters. The number of amides is 3. The number of alkyl carbamates (subject to hydrolysis) is 1. The number of benzene rings is 1. The summed E-state index contributed by atoms with van der Waals surface area (Å²) in [6.45, 7) is 6.85. The van der Waals surface area contributed by atoms with Crippen LogP contribution in [0.1, 0.15) is 36.7 Å². The Morgan fingerprint density at radius 3 is 2.39 bits per heavy atom. The average Bonchev–Trinajstić information content (AvgIpc) is 3.41. The highest BCUT2D eigenvalue weighted by molar-refractivity contribution is 6.07. The van der Waals surface area contributed by atoms with Gasteiger partial charge in [0.05, 0.1) is 35.6 Å². The van der Waals surface area contributed by atoms with Crippen LogP contribution in [-0.4, -0.2) is 66.1 Å². The van der Waals surface area contributed by atoms with E-state index in [1.165, 1.54) is 4.90 Å². The quantitative estimate of drug-likeness (QED) is 0.380. The molecule has 176 valence electrons. The minimum absolute atomic E-state index is 0.0578. The number of nitrogens with one attached hydrogen (secondary N) is 1. The molecule has 2 saturated heterocycles. The van der Waals surface area contributed by atoms with E-state index in [1.54, 1.807) is 45.9 Å². The Hall–Kier alpha value is -3.20. The highest BCUT2D eigenvalue weighted by Crippen LogP contribution is 2.45. The van der Waals surface area contributed by atoms with Gasteiger partial charge in [-0.05, 0) is 39.3 Å². The lowest BCUT2D eigenvalue weighted by molar-refractivity contribution is -0.145. The summed E-state index contributed by atoms with van der Waals surface area (Å²) in [5, 5.41) is 2.63. The number of aryl methyl sites for hydroxylation is 1. The van der Waals surface area contributed by atoms with Crippen LogP contribution in [-0.2, 0) is 19.1 Å². The predicted octanol–water partition coefficient (Wildman–Crippen LogP) is 2.02. The third-order valence-electron chi connectivity index (χ3n) is 6.02. The fourth-order valence-corrected chi connectivity index (χ4v) is 4.54. The highest BCUT2D eigenvalue weighted by Gasteiger charge is 2.61. The van der Waals surface area contributed by atoms with Crippen LogP contribution in [0.3, 0.4) is 0 Å². The van der Waals surface area contributed by atoms with E-state index in [0.717, 1.165) is 5.56 Å². The number of carbonyl (C=O) groups excluding carboxylic acids is 4. The van der Waals surface area contributed by atoms with Crippen molar-refractivity contribution in [2.24, 2.45) is 11.8 Å². The maximum Gasteiger partial charge on any atom is 0.407 e. The summed E-state index contributed by atoms with van der Waals surface area (Å²) in [7, 11) is 0. The molecular formula is C24H28N2O7. The summed E-state index contributed by atoms with van der Waals surface area (Å²) in [6.07, 6.45) is 2.83. The number of likely N-dealkylation sites (tertiary alicyclic amines) is 1. The smallest absolute Gasteiger partial charge is 0.407 e. The molecule has 9 heteroatoms. The Labute approximate surface area is 192 Å². The summed E-state index contributed by atoms with van der Waals surface area (Å²) in [4.78, 5) is 51.4. The summed E-state index contributed by atoms with van der Waals surface area (Å²) in [6, 6.07) is 4.40. The van der Waals surface area contributed by atoms with Gasteiger partial charge in [0.2, 0.25) is 11.8 Å². The number of hydrogen-bond acceptors (Lipinski definition) is 7. The van der Waals surface area contributed by atoms with E-state index in [4.69, 9.17) is 14.2 Å². The van der Waals surface area contributed by atoms with E-state index in [1.807, 2.05) is 12.2 Å². The molecule has 1 N–H and O–H groups in total. The lowest BCUT2D eigenvalue weighted by Crippen LogP contribution is -2.51. The maximum absolute atomic E-state index is 13.2. The molecule has 3 amide bonds. The molecule has 3 heterocycles. The van der Waals surface area contributed by atoms with Crippen LogP contribution in [0.25, 0.3) is 0 Å². The minimum atomic E-state index is -0.789. The molecule has 1 aromatic carbocycles. The van der Waals surface area contributed by atoms with Crippen LogP contribution in [0.2, 0.25) is 0 Å². The van der Waals surface area contributed by atoms with E-state index in [0.29, 0.717) is 17.6 Å². The molecule has 0 aliphatic carbocycles. The molecule has 0 saturated carbocycles. The molecule has 0 spiro atoms. The van der Waals surface area contributed by atoms with Crippen molar-refractivity contribution >= 4 is 24.2 Å². The highest BCUT2D eigenvalue weighted by atomic mass is 16.6. The average molecular weight is 456 g/mol. The minimum Gasteiger partial charge on any atom is -0.491 e. The molecule has 3 aliphatic rings. The summed E-state index contributed by atoms with van der Waals surface area (Å²) < 4.78 is 16.9. The first-order chi connectivity index (χ1) is 15.6. The maximum atomic E-state index is 13.2. The Morgan fingerprint density at radius 2 is 1.82 bits per heavy atom. The standard InChI is InChI=1S/C24H28N2O7/c1-13-6-5-7-16(15(13)11-27)31-12-14(10-25-23(30)33-24(2,3)4)26-21(28)19-17-8-9-18(32-17)20(19)22(26)29/h5-9,11,14,17-20H,10,12H2,1-4H3,(H,25,30)/t14?,17-,18+,19-,20+. The molecule has 9 nitrogen and oxygen atoms in total. The van der Waals surface area contributed by atoms with Gasteiger partial charge in [-0.2, -0.15) is 0 Å². The van der Waals surface area contributed by atoms with Crippen molar-refractivity contribution < 1.29 is 33.4 Å². The summed E-state index contributed by atoms with van der Waals surface area (Å²) in [5.74, 6) is -1.48. The third kappa shape index (κ3) is 4.37. The van der Waals surface area contributed by atoms with E-state index >= 15 is 0 Å². The van der Waals surface area contributed by atoms with Crippen molar-refractivity contribution in [1.82, 2.24) is 10.2 Å². The Balaban J connectivity index is 1.54. The first-order valence-electron chi connectivity index (χ1n) is 11.0. The largest absolute Gasteiger partial charge is 0.491 e. The second-order valence-corrected chi connectivity index (χ2v) is 9.50. The Kier molecular flexibility index (Phi) is 6.00. The number of hydrogen-bond donors (Lipinski definition) is 1. The Morgan fingerprint density at radius 1 is 1.18 bits per heavy atom. The first-order valence-corrected chi connectivity index (χ1v) is 11.0. The van der Waals surface area contributed by atoms with Gasteiger partial charge in [-0.25, -0.2) is 4.79 Å². The molecule has 4 rings (SSSR count). The normalized spacial score (nSPS) is 26.4. The van der Waals surface area contributed by atoms with E-state index in [2.05, 4.69) is 5.32 Å². The van der Waals surface area contributed by atoms with Crippen molar-refractivity contribution in [3.05, 3.63) is 41.5 Å². The van der Waals surface area contributed by atoms with E-state index in [-0.39, 0.29) is 25.0 Å². The first kappa shape index (κ1) is 23.0. The monoisotopic (exact) mass is 456 g/mol. The SMILES string of the molecule is Cc1cccc(OCC(CNC(=O)OC(C)(C)C)N2C(=O)[C@@H]3[C@H](C2=O)[C@H]2C=C[C@@H]3O2)c1C=O. The van der Waals surface area contributed by atoms with Crippen molar-refractivity contribution in [3.63, 3.8) is 0 Å². The summed E-state index contributed by atoms with van der Waals surface area (Å²) >= 11 is 0. The van der Waals surface area contributed by atoms with Gasteiger partial charge in [-0.15, -0.1) is 0 Å². The molecule has 1 aromatic rings. The van der Waals surface area contributed by atoms with Gasteiger partial charge in [0.25, 0.3) is 0 Å². The molecule has 2 fully saturated rings. The third-order valence-corrected chi connectivity index (χ3v) is 6.02. The van der Waals surface area contributed by atoms with Gasteiger partial charge in [0.1, 0.15) is 18.0 Å². The van der Waals surface area contributed by atoms with Gasteiger partial charge in [-0.3, -0.25) is 19.3 Å². The van der Waals surface area contributed by atoms with Crippen LogP contribution in [0.4, 0.5) is 4.79 Å². The van der Waals surface area contributed by atoms with Crippen molar-refractivity contribution in [1.29, 1.82) is 0 Å². The van der Waals surface area contributed by atoms with Gasteiger partial charge < -0.3 is 19.5 Å². The number of nitrogens with zero attached hydrogens (tertiary/aromatic N) is 1. The molecule has 3 aliphatic heterocycles. The van der Waals surface area contributed by atoms with Crippen molar-refractivity contribution in [2.75, 3.05) is 13.2 Å². The zero-order valence-corrected chi connectivity index (χ0v) is 19.1. The predicted molar refractivity (Wildman–Crippen MR) is 117 cm³/mol. The fraction of sp³-hybridized carbons (Fsp3) is 0.500. The van der Waals surface area contributed by atoms with Crippen LogP contribution in [0, 0.1) is 18.8 Å². The van der Waals surface area contributed by atoms with E-state index < -0.39 is 41.8 Å². The topological polar surface area (TPSA) is 111 Å². The lowest BCUT2D eigenvalue weighted by atomic mass is 9.85. The zero-order chi connectivity index (χ0) is 23.9. The number of carbonyl (C=O) groups is 4.